The minimum Gasteiger partial charge on any atom is -0.460 e. The first-order chi connectivity index (χ1) is 8.51. The van der Waals surface area contributed by atoms with Crippen molar-refractivity contribution in [3.63, 3.8) is 0 Å². The monoisotopic (exact) mass is 262 g/mol. The Morgan fingerprint density at radius 3 is 2.56 bits per heavy atom. The lowest BCUT2D eigenvalue weighted by molar-refractivity contribution is -0.300. The lowest BCUT2D eigenvalue weighted by Crippen LogP contribution is -2.59. The van der Waals surface area contributed by atoms with Gasteiger partial charge in [0.15, 0.2) is 6.29 Å². The SMILES string of the molecule is C=CC(=O)OC[C@H]1OC(OCC)[C@H](O)[C@@H](O)[C@@H]1O. The predicted octanol–water partition coefficient (Wildman–Crippen LogP) is -1.44. The van der Waals surface area contributed by atoms with Gasteiger partial charge < -0.3 is 29.5 Å². The first-order valence-corrected chi connectivity index (χ1v) is 5.61. The fourth-order valence-electron chi connectivity index (χ4n) is 1.58. The number of rotatable bonds is 5. The average molecular weight is 262 g/mol. The molecule has 0 amide bonds. The number of esters is 1. The molecule has 1 aliphatic rings. The van der Waals surface area contributed by atoms with Gasteiger partial charge in [0.25, 0.3) is 0 Å². The molecule has 0 spiro atoms. The topological polar surface area (TPSA) is 105 Å². The molecule has 0 aliphatic carbocycles. The molecule has 1 saturated heterocycles. The van der Waals surface area contributed by atoms with Crippen molar-refractivity contribution in [2.24, 2.45) is 0 Å². The Morgan fingerprint density at radius 2 is 2.00 bits per heavy atom. The van der Waals surface area contributed by atoms with Gasteiger partial charge in [0.1, 0.15) is 31.0 Å². The van der Waals surface area contributed by atoms with E-state index < -0.39 is 36.7 Å². The van der Waals surface area contributed by atoms with Gasteiger partial charge in [-0.15, -0.1) is 0 Å². The smallest absolute Gasteiger partial charge is 0.330 e. The third-order valence-corrected chi connectivity index (χ3v) is 2.56. The average Bonchev–Trinajstić information content (AvgIpc) is 2.37. The number of carbonyl (C=O) groups is 1. The molecular formula is C11H18O7. The summed E-state index contributed by atoms with van der Waals surface area (Å²) in [6, 6.07) is 0. The van der Waals surface area contributed by atoms with E-state index in [-0.39, 0.29) is 13.2 Å². The highest BCUT2D eigenvalue weighted by Gasteiger charge is 2.44. The molecule has 7 heteroatoms. The highest BCUT2D eigenvalue weighted by molar-refractivity contribution is 5.81. The second-order valence-corrected chi connectivity index (χ2v) is 3.80. The van der Waals surface area contributed by atoms with E-state index in [2.05, 4.69) is 6.58 Å². The lowest BCUT2D eigenvalue weighted by Gasteiger charge is -2.39. The van der Waals surface area contributed by atoms with Gasteiger partial charge in [-0.2, -0.15) is 0 Å². The molecule has 1 heterocycles. The van der Waals surface area contributed by atoms with Gasteiger partial charge in [-0.05, 0) is 6.92 Å². The van der Waals surface area contributed by atoms with Crippen LogP contribution in [0.15, 0.2) is 12.7 Å². The molecule has 3 N–H and O–H groups in total. The zero-order valence-electron chi connectivity index (χ0n) is 10.1. The number of hydrogen-bond donors (Lipinski definition) is 3. The van der Waals surface area contributed by atoms with Crippen molar-refractivity contribution in [2.45, 2.75) is 37.6 Å². The summed E-state index contributed by atoms with van der Waals surface area (Å²) in [6.07, 6.45) is -5.21. The molecule has 1 unspecified atom stereocenters. The van der Waals surface area contributed by atoms with E-state index in [4.69, 9.17) is 14.2 Å². The number of hydrogen-bond acceptors (Lipinski definition) is 7. The van der Waals surface area contributed by atoms with Crippen LogP contribution in [0.3, 0.4) is 0 Å². The summed E-state index contributed by atoms with van der Waals surface area (Å²) in [5.41, 5.74) is 0. The Balaban J connectivity index is 2.60. The van der Waals surface area contributed by atoms with Crippen LogP contribution in [0.25, 0.3) is 0 Å². The van der Waals surface area contributed by atoms with E-state index in [1.54, 1.807) is 6.92 Å². The summed E-state index contributed by atoms with van der Waals surface area (Å²) < 4.78 is 15.0. The largest absolute Gasteiger partial charge is 0.460 e. The zero-order chi connectivity index (χ0) is 13.7. The Morgan fingerprint density at radius 1 is 1.33 bits per heavy atom. The minimum absolute atomic E-state index is 0.265. The molecule has 0 aromatic heterocycles. The van der Waals surface area contributed by atoms with Crippen molar-refractivity contribution in [3.8, 4) is 0 Å². The molecule has 0 bridgehead atoms. The van der Waals surface area contributed by atoms with Crippen molar-refractivity contribution in [1.29, 1.82) is 0 Å². The predicted molar refractivity (Wildman–Crippen MR) is 59.5 cm³/mol. The molecule has 104 valence electrons. The molecule has 0 radical (unpaired) electrons. The Labute approximate surface area is 105 Å². The molecule has 1 aliphatic heterocycles. The summed E-state index contributed by atoms with van der Waals surface area (Å²) in [6.45, 7) is 4.92. The minimum atomic E-state index is -1.43. The van der Waals surface area contributed by atoms with E-state index in [0.29, 0.717) is 0 Å². The standard InChI is InChI=1S/C11H18O7/c1-3-7(12)17-5-6-8(13)9(14)10(15)11(18-6)16-4-2/h3,6,8-11,13-15H,1,4-5H2,2H3/t6-,8-,9+,10-,11?/m1/s1. The molecule has 0 aromatic rings. The zero-order valence-corrected chi connectivity index (χ0v) is 10.1. The Kier molecular flexibility index (Phi) is 5.70. The van der Waals surface area contributed by atoms with Crippen LogP contribution >= 0.6 is 0 Å². The highest BCUT2D eigenvalue weighted by Crippen LogP contribution is 2.22. The summed E-state index contributed by atoms with van der Waals surface area (Å²) in [5.74, 6) is -0.667. The van der Waals surface area contributed by atoms with Gasteiger partial charge >= 0.3 is 5.97 Å². The molecule has 0 saturated carbocycles. The van der Waals surface area contributed by atoms with E-state index in [9.17, 15) is 20.1 Å². The third-order valence-electron chi connectivity index (χ3n) is 2.56. The van der Waals surface area contributed by atoms with E-state index in [0.717, 1.165) is 6.08 Å². The first-order valence-electron chi connectivity index (χ1n) is 5.61. The molecule has 5 atom stereocenters. The van der Waals surface area contributed by atoms with Crippen LogP contribution in [0.5, 0.6) is 0 Å². The van der Waals surface area contributed by atoms with Crippen LogP contribution in [-0.2, 0) is 19.0 Å². The van der Waals surface area contributed by atoms with E-state index in [1.165, 1.54) is 0 Å². The maximum Gasteiger partial charge on any atom is 0.330 e. The quantitative estimate of drug-likeness (QED) is 0.411. The maximum absolute atomic E-state index is 10.9. The van der Waals surface area contributed by atoms with Crippen LogP contribution in [-0.4, -0.2) is 65.2 Å². The van der Waals surface area contributed by atoms with Crippen LogP contribution in [0.4, 0.5) is 0 Å². The van der Waals surface area contributed by atoms with Gasteiger partial charge in [0.2, 0.25) is 0 Å². The normalized spacial score (nSPS) is 36.1. The van der Waals surface area contributed by atoms with Gasteiger partial charge in [-0.1, -0.05) is 6.58 Å². The molecule has 0 aromatic carbocycles. The van der Waals surface area contributed by atoms with Gasteiger partial charge in [-0.3, -0.25) is 0 Å². The number of aliphatic hydroxyl groups excluding tert-OH is 3. The summed E-state index contributed by atoms with van der Waals surface area (Å²) in [5, 5.41) is 28.9. The van der Waals surface area contributed by atoms with Crippen LogP contribution in [0, 0.1) is 0 Å². The highest BCUT2D eigenvalue weighted by atomic mass is 16.7. The number of aliphatic hydroxyl groups is 3. The van der Waals surface area contributed by atoms with E-state index in [1.807, 2.05) is 0 Å². The summed E-state index contributed by atoms with van der Waals surface area (Å²) >= 11 is 0. The van der Waals surface area contributed by atoms with Crippen molar-refractivity contribution in [1.82, 2.24) is 0 Å². The first kappa shape index (κ1) is 15.1. The second-order valence-electron chi connectivity index (χ2n) is 3.80. The molecule has 1 rings (SSSR count). The summed E-state index contributed by atoms with van der Waals surface area (Å²) in [4.78, 5) is 10.9. The number of ether oxygens (including phenoxy) is 3. The van der Waals surface area contributed by atoms with Crippen molar-refractivity contribution < 1.29 is 34.3 Å². The Hall–Kier alpha value is -0.990. The van der Waals surface area contributed by atoms with Crippen LogP contribution < -0.4 is 0 Å². The lowest BCUT2D eigenvalue weighted by atomic mass is 9.99. The maximum atomic E-state index is 10.9. The Bertz CT molecular complexity index is 293. The number of carbonyl (C=O) groups excluding carboxylic acids is 1. The van der Waals surface area contributed by atoms with Crippen molar-refractivity contribution in [3.05, 3.63) is 12.7 Å². The van der Waals surface area contributed by atoms with Gasteiger partial charge in [0.05, 0.1) is 0 Å². The van der Waals surface area contributed by atoms with Crippen molar-refractivity contribution in [2.75, 3.05) is 13.2 Å². The third kappa shape index (κ3) is 3.50. The van der Waals surface area contributed by atoms with E-state index >= 15 is 0 Å². The molecule has 7 nitrogen and oxygen atoms in total. The summed E-state index contributed by atoms with van der Waals surface area (Å²) in [7, 11) is 0. The van der Waals surface area contributed by atoms with Crippen LogP contribution in [0.2, 0.25) is 0 Å². The van der Waals surface area contributed by atoms with Crippen LogP contribution in [0.1, 0.15) is 6.92 Å². The van der Waals surface area contributed by atoms with Gasteiger partial charge in [-0.25, -0.2) is 4.79 Å². The molecular weight excluding hydrogens is 244 g/mol. The molecule has 18 heavy (non-hydrogen) atoms. The molecule has 1 fully saturated rings. The van der Waals surface area contributed by atoms with Crippen molar-refractivity contribution >= 4 is 5.97 Å². The van der Waals surface area contributed by atoms with Gasteiger partial charge in [0, 0.05) is 12.7 Å². The fourth-order valence-corrected chi connectivity index (χ4v) is 1.58. The second kappa shape index (κ2) is 6.81. The fraction of sp³-hybridized carbons (Fsp3) is 0.727.